The molecule has 31 heavy (non-hydrogen) atoms. The molecule has 1 unspecified atom stereocenters. The number of aryl methyl sites for hydroxylation is 1. The van der Waals surface area contributed by atoms with E-state index in [1.165, 1.54) is 17.0 Å². The number of carbonyl (C=O) groups is 1. The van der Waals surface area contributed by atoms with Crippen molar-refractivity contribution in [3.8, 4) is 0 Å². The van der Waals surface area contributed by atoms with Crippen molar-refractivity contribution < 1.29 is 33.3 Å². The first-order chi connectivity index (χ1) is 14.6. The van der Waals surface area contributed by atoms with Gasteiger partial charge in [-0.05, 0) is 36.8 Å². The number of β-amino-alcohol motifs (C(OH)–C–C–N with tert-alkyl or cyclic N) is 1. The Kier molecular flexibility index (Phi) is 6.85. The monoisotopic (exact) mass is 439 g/mol. The molecule has 7 nitrogen and oxygen atoms in total. The molecule has 1 atom stereocenters. The summed E-state index contributed by atoms with van der Waals surface area (Å²) in [4.78, 5) is 14.1. The molecule has 1 aliphatic rings. The minimum atomic E-state index is -1.32. The lowest BCUT2D eigenvalue weighted by Crippen LogP contribution is -2.67. The Labute approximate surface area is 177 Å². The van der Waals surface area contributed by atoms with E-state index in [1.807, 2.05) is 0 Å². The summed E-state index contributed by atoms with van der Waals surface area (Å²) >= 11 is 0. The lowest BCUT2D eigenvalue weighted by atomic mass is 9.92. The van der Waals surface area contributed by atoms with Gasteiger partial charge in [0.1, 0.15) is 11.4 Å². The SMILES string of the molecule is Cc1ccc(Nc2c(C(=O)N3CC(O)(CNCC(O)CO)C3)ccc(F)c2F)c(F)c1. The molecule has 0 aliphatic carbocycles. The Morgan fingerprint density at radius 1 is 1.19 bits per heavy atom. The van der Waals surface area contributed by atoms with E-state index in [9.17, 15) is 28.2 Å². The molecule has 168 valence electrons. The number of likely N-dealkylation sites (tertiary alicyclic amines) is 1. The number of nitrogens with zero attached hydrogens (tertiary/aromatic N) is 1. The van der Waals surface area contributed by atoms with Gasteiger partial charge in [-0.3, -0.25) is 4.79 Å². The van der Waals surface area contributed by atoms with Crippen LogP contribution < -0.4 is 10.6 Å². The van der Waals surface area contributed by atoms with Crippen LogP contribution in [0, 0.1) is 24.4 Å². The molecule has 0 bridgehead atoms. The molecule has 0 radical (unpaired) electrons. The maximum absolute atomic E-state index is 14.5. The molecule has 3 rings (SSSR count). The number of hydrogen-bond donors (Lipinski definition) is 5. The summed E-state index contributed by atoms with van der Waals surface area (Å²) in [6, 6.07) is 6.07. The Morgan fingerprint density at radius 2 is 1.90 bits per heavy atom. The van der Waals surface area contributed by atoms with Crippen LogP contribution in [0.5, 0.6) is 0 Å². The Morgan fingerprint density at radius 3 is 2.55 bits per heavy atom. The molecule has 1 heterocycles. The van der Waals surface area contributed by atoms with Crippen LogP contribution in [-0.2, 0) is 0 Å². The summed E-state index contributed by atoms with van der Waals surface area (Å²) in [5.41, 5.74) is -1.44. The van der Waals surface area contributed by atoms with Crippen LogP contribution in [0.3, 0.4) is 0 Å². The van der Waals surface area contributed by atoms with Gasteiger partial charge in [-0.15, -0.1) is 0 Å². The highest BCUT2D eigenvalue weighted by atomic mass is 19.2. The van der Waals surface area contributed by atoms with E-state index in [-0.39, 0.29) is 37.4 Å². The molecule has 0 spiro atoms. The Hall–Kier alpha value is -2.66. The molecule has 2 aromatic carbocycles. The highest BCUT2D eigenvalue weighted by Crippen LogP contribution is 2.31. The number of hydrogen-bond acceptors (Lipinski definition) is 6. The summed E-state index contributed by atoms with van der Waals surface area (Å²) in [6.45, 7) is 1.21. The van der Waals surface area contributed by atoms with E-state index in [1.54, 1.807) is 13.0 Å². The lowest BCUT2D eigenvalue weighted by Gasteiger charge is -2.46. The second kappa shape index (κ2) is 9.23. The second-order valence-electron chi connectivity index (χ2n) is 7.75. The maximum Gasteiger partial charge on any atom is 0.256 e. The van der Waals surface area contributed by atoms with Gasteiger partial charge in [-0.25, -0.2) is 13.2 Å². The average molecular weight is 439 g/mol. The van der Waals surface area contributed by atoms with Gasteiger partial charge in [0.25, 0.3) is 5.91 Å². The van der Waals surface area contributed by atoms with Gasteiger partial charge >= 0.3 is 0 Å². The van der Waals surface area contributed by atoms with Crippen molar-refractivity contribution in [1.29, 1.82) is 0 Å². The molecule has 1 saturated heterocycles. The largest absolute Gasteiger partial charge is 0.394 e. The van der Waals surface area contributed by atoms with Gasteiger partial charge in [0.15, 0.2) is 11.6 Å². The Balaban J connectivity index is 1.74. The fraction of sp³-hybridized carbons (Fsp3) is 0.381. The second-order valence-corrected chi connectivity index (χ2v) is 7.75. The van der Waals surface area contributed by atoms with Crippen LogP contribution >= 0.6 is 0 Å². The molecule has 0 aromatic heterocycles. The van der Waals surface area contributed by atoms with Gasteiger partial charge in [0, 0.05) is 13.1 Å². The van der Waals surface area contributed by atoms with Gasteiger partial charge < -0.3 is 30.9 Å². The van der Waals surface area contributed by atoms with E-state index < -0.39 is 47.4 Å². The zero-order valence-electron chi connectivity index (χ0n) is 16.8. The van der Waals surface area contributed by atoms with Crippen molar-refractivity contribution in [2.75, 3.05) is 38.1 Å². The van der Waals surface area contributed by atoms with Gasteiger partial charge in [-0.1, -0.05) is 6.07 Å². The van der Waals surface area contributed by atoms with Crippen molar-refractivity contribution in [3.05, 3.63) is 58.9 Å². The predicted octanol–water partition coefficient (Wildman–Crippen LogP) is 1.29. The van der Waals surface area contributed by atoms with Crippen LogP contribution in [0.25, 0.3) is 0 Å². The smallest absolute Gasteiger partial charge is 0.256 e. The molecule has 5 N–H and O–H groups in total. The highest BCUT2D eigenvalue weighted by molar-refractivity contribution is 6.01. The minimum absolute atomic E-state index is 0.0608. The first-order valence-electron chi connectivity index (χ1n) is 9.66. The van der Waals surface area contributed by atoms with Crippen molar-refractivity contribution in [3.63, 3.8) is 0 Å². The quantitative estimate of drug-likeness (QED) is 0.425. The van der Waals surface area contributed by atoms with E-state index >= 15 is 0 Å². The number of anilines is 2. The fourth-order valence-electron chi connectivity index (χ4n) is 3.33. The van der Waals surface area contributed by atoms with Crippen molar-refractivity contribution in [2.24, 2.45) is 0 Å². The molecule has 2 aromatic rings. The van der Waals surface area contributed by atoms with Crippen LogP contribution in [0.1, 0.15) is 15.9 Å². The van der Waals surface area contributed by atoms with Crippen molar-refractivity contribution >= 4 is 17.3 Å². The summed E-state index contributed by atoms with van der Waals surface area (Å²) in [5.74, 6) is -3.86. The van der Waals surface area contributed by atoms with Gasteiger partial charge in [0.2, 0.25) is 0 Å². The number of halogens is 3. The number of nitrogens with one attached hydrogen (secondary N) is 2. The van der Waals surface area contributed by atoms with Crippen LogP contribution in [0.2, 0.25) is 0 Å². The van der Waals surface area contributed by atoms with Crippen LogP contribution in [-0.4, -0.2) is 70.6 Å². The zero-order valence-corrected chi connectivity index (χ0v) is 16.8. The summed E-state index contributed by atoms with van der Waals surface area (Å²) in [7, 11) is 0. The maximum atomic E-state index is 14.5. The Bertz CT molecular complexity index is 967. The van der Waals surface area contributed by atoms with E-state index in [4.69, 9.17) is 5.11 Å². The number of aliphatic hydroxyl groups excluding tert-OH is 2. The summed E-state index contributed by atoms with van der Waals surface area (Å²) in [6.07, 6.45) is -0.973. The molecule has 0 saturated carbocycles. The lowest BCUT2D eigenvalue weighted by molar-refractivity contribution is -0.0796. The summed E-state index contributed by atoms with van der Waals surface area (Å²) < 4.78 is 42.5. The molecule has 1 fully saturated rings. The normalized spacial score (nSPS) is 16.0. The third-order valence-corrected chi connectivity index (χ3v) is 5.01. The molecule has 1 amide bonds. The number of amides is 1. The van der Waals surface area contributed by atoms with Gasteiger partial charge in [0.05, 0.1) is 42.7 Å². The zero-order chi connectivity index (χ0) is 22.8. The van der Waals surface area contributed by atoms with E-state index in [0.29, 0.717) is 5.56 Å². The minimum Gasteiger partial charge on any atom is -0.394 e. The van der Waals surface area contributed by atoms with Crippen molar-refractivity contribution in [2.45, 2.75) is 18.6 Å². The highest BCUT2D eigenvalue weighted by Gasteiger charge is 2.44. The molecular formula is C21H24F3N3O4. The van der Waals surface area contributed by atoms with E-state index in [0.717, 1.165) is 12.1 Å². The number of benzene rings is 2. The van der Waals surface area contributed by atoms with Gasteiger partial charge in [-0.2, -0.15) is 0 Å². The molecule has 1 aliphatic heterocycles. The van der Waals surface area contributed by atoms with E-state index in [2.05, 4.69) is 10.6 Å². The van der Waals surface area contributed by atoms with Crippen LogP contribution in [0.4, 0.5) is 24.5 Å². The standard InChI is InChI=1S/C21H24F3N3O4/c1-12-2-5-17(16(23)6-12)26-19-14(3-4-15(22)18(19)24)20(30)27-10-21(31,11-27)9-25-7-13(29)8-28/h2-6,13,25-26,28-29,31H,7-11H2,1H3. The number of rotatable bonds is 8. The fourth-order valence-corrected chi connectivity index (χ4v) is 3.33. The topological polar surface area (TPSA) is 105 Å². The third kappa shape index (κ3) is 5.16. The van der Waals surface area contributed by atoms with Crippen LogP contribution in [0.15, 0.2) is 30.3 Å². The average Bonchev–Trinajstić information content (AvgIpc) is 2.70. The first-order valence-corrected chi connectivity index (χ1v) is 9.66. The molecule has 10 heteroatoms. The third-order valence-electron chi connectivity index (χ3n) is 5.01. The van der Waals surface area contributed by atoms with Crippen molar-refractivity contribution in [1.82, 2.24) is 10.2 Å². The number of aliphatic hydroxyl groups is 3. The molecular weight excluding hydrogens is 415 g/mol. The summed E-state index contributed by atoms with van der Waals surface area (Å²) in [5, 5.41) is 33.8. The predicted molar refractivity (Wildman–Crippen MR) is 108 cm³/mol. The first kappa shape index (κ1) is 23.0. The number of carbonyl (C=O) groups excluding carboxylic acids is 1.